The second-order valence-electron chi connectivity index (χ2n) is 1.56. The van der Waals surface area contributed by atoms with E-state index in [1.807, 2.05) is 0 Å². The molecule has 0 heterocycles. The summed E-state index contributed by atoms with van der Waals surface area (Å²) in [6.45, 7) is 0. The molecule has 0 aliphatic heterocycles. The Morgan fingerprint density at radius 3 is 2.17 bits per heavy atom. The van der Waals surface area contributed by atoms with Crippen LogP contribution in [0, 0.1) is 0 Å². The van der Waals surface area contributed by atoms with Gasteiger partial charge in [-0.2, -0.15) is 0 Å². The second-order valence-corrected chi connectivity index (χ2v) is 42.1. The summed E-state index contributed by atoms with van der Waals surface area (Å²) < 4.78 is 0. The van der Waals surface area contributed by atoms with Gasteiger partial charge in [0.1, 0.15) is 0 Å². The van der Waals surface area contributed by atoms with E-state index >= 15 is 0 Å². The Bertz CT molecular complexity index is 12.0. The van der Waals surface area contributed by atoms with Crippen LogP contribution in [0.2, 0.25) is 0 Å². The summed E-state index contributed by atoms with van der Waals surface area (Å²) in [5.74, 6) is 0. The van der Waals surface area contributed by atoms with Crippen LogP contribution in [0.1, 0.15) is 0 Å². The van der Waals surface area contributed by atoms with Crippen molar-refractivity contribution in [2.45, 2.75) is 0 Å². The molecule has 0 saturated heterocycles. The van der Waals surface area contributed by atoms with Crippen molar-refractivity contribution in [2.24, 2.45) is 0 Å². The lowest BCUT2D eigenvalue weighted by Gasteiger charge is -1.81. The minimum Gasteiger partial charge on any atom is -0.0120 e. The Kier molecular flexibility index (Phi) is 7.67. The molecule has 0 aromatic heterocycles. The molecule has 0 bridgehead atoms. The highest BCUT2D eigenvalue weighted by atomic mass is 29.9. The molecule has 0 nitrogen and oxygen atoms in total. The quantitative estimate of drug-likeness (QED) is 0.301. The Morgan fingerprint density at radius 1 is 1.33 bits per heavy atom. The van der Waals surface area contributed by atoms with Gasteiger partial charge in [-0.3, -0.25) is 0 Å². The Labute approximate surface area is 54.0 Å². The summed E-state index contributed by atoms with van der Waals surface area (Å²) in [6.07, 6.45) is 0. The van der Waals surface area contributed by atoms with Crippen molar-refractivity contribution in [1.82, 2.24) is 0 Å². The molecule has 0 amide bonds. The first-order valence-corrected chi connectivity index (χ1v) is 24.4. The van der Waals surface area contributed by atoms with Crippen LogP contribution in [0.25, 0.3) is 0 Å². The lowest BCUT2D eigenvalue weighted by molar-refractivity contribution is 3.95. The fourth-order valence-electron chi connectivity index (χ4n) is 0.427. The van der Waals surface area contributed by atoms with E-state index in [2.05, 4.69) is 9.76 Å². The highest BCUT2D eigenvalue weighted by Crippen LogP contribution is 1.42. The van der Waals surface area contributed by atoms with Gasteiger partial charge in [0, 0.05) is 0 Å². The lowest BCUT2D eigenvalue weighted by Crippen LogP contribution is -2.18. The van der Waals surface area contributed by atoms with E-state index in [0.29, 0.717) is 8.55 Å². The number of hydrogen-bond acceptors (Lipinski definition) is 0. The van der Waals surface area contributed by atoms with Gasteiger partial charge in [-0.25, -0.2) is 0 Å². The number of rotatable bonds is 3. The first kappa shape index (κ1) is 7.30. The van der Waals surface area contributed by atoms with Crippen molar-refractivity contribution in [2.75, 3.05) is 0 Å². The van der Waals surface area contributed by atoms with Crippen molar-refractivity contribution in [1.29, 1.82) is 0 Å². The van der Waals surface area contributed by atoms with Crippen molar-refractivity contribution in [3.63, 3.8) is 0 Å². The zero-order valence-electron chi connectivity index (χ0n) is 4.54. The monoisotopic (exact) mass is 181 g/mol. The fraction of sp³-hybridized carbons (Fsp3) is 0. The SMILES string of the molecule is [SiH2][SiH2][SiH2][SiH2][SiH2][SiH3]. The fourth-order valence-corrected chi connectivity index (χ4v) is 104. The Morgan fingerprint density at radius 2 is 2.00 bits per heavy atom. The van der Waals surface area contributed by atoms with Gasteiger partial charge < -0.3 is 0 Å². The predicted octanol–water partition coefficient (Wildman–Crippen LogP) is -5.76. The molecule has 0 aromatic carbocycles. The third-order valence-electron chi connectivity index (χ3n) is 0.854. The average Bonchev–Trinajstić information content (AvgIpc) is 1.61. The van der Waals surface area contributed by atoms with Crippen LogP contribution in [0.4, 0.5) is 0 Å². The molecular formula is H13Si6. The maximum Gasteiger partial charge on any atom is -0.00934 e. The number of hydrogen-bond donors (Lipinski definition) is 0. The van der Waals surface area contributed by atoms with Crippen LogP contribution in [-0.4, -0.2) is 53.7 Å². The van der Waals surface area contributed by atoms with Gasteiger partial charge >= 0.3 is 0 Å². The van der Waals surface area contributed by atoms with Crippen molar-refractivity contribution in [3.05, 3.63) is 0 Å². The molecule has 0 N–H and O–H groups in total. The predicted molar refractivity (Wildman–Crippen MR) is 52.7 cm³/mol. The maximum absolute atomic E-state index is 2.34. The normalized spacial score (nSPS) is 17.5. The molecule has 1 radical (unpaired) electrons. The zero-order valence-corrected chi connectivity index (χ0v) is 13.6. The van der Waals surface area contributed by atoms with Crippen LogP contribution in [-0.2, 0) is 0 Å². The van der Waals surface area contributed by atoms with E-state index in [9.17, 15) is 0 Å². The van der Waals surface area contributed by atoms with Gasteiger partial charge in [-0.05, 0) is 53.7 Å². The van der Waals surface area contributed by atoms with Crippen LogP contribution < -0.4 is 0 Å². The molecule has 0 saturated carbocycles. The molecule has 0 rings (SSSR count). The van der Waals surface area contributed by atoms with E-state index in [1.165, 1.54) is 0 Å². The van der Waals surface area contributed by atoms with Gasteiger partial charge in [0.2, 0.25) is 0 Å². The van der Waals surface area contributed by atoms with Crippen molar-refractivity contribution in [3.8, 4) is 0 Å². The van der Waals surface area contributed by atoms with E-state index in [0.717, 1.165) is 25.7 Å². The standard InChI is InChI=1S/H13Si6/c1-3-5-6-4-2/h1,3-6H2,2H3. The Balaban J connectivity index is 2.34. The van der Waals surface area contributed by atoms with Gasteiger partial charge in [0.15, 0.2) is 0 Å². The minimum atomic E-state index is 0.688. The van der Waals surface area contributed by atoms with E-state index in [-0.39, 0.29) is 0 Å². The van der Waals surface area contributed by atoms with Crippen LogP contribution >= 0.6 is 0 Å². The third-order valence-corrected chi connectivity index (χ3v) is 69.1. The van der Waals surface area contributed by atoms with Crippen LogP contribution in [0.3, 0.4) is 0 Å². The van der Waals surface area contributed by atoms with Gasteiger partial charge in [0.25, 0.3) is 0 Å². The average molecular weight is 182 g/mol. The molecule has 0 unspecified atom stereocenters. The first-order valence-electron chi connectivity index (χ1n) is 2.71. The van der Waals surface area contributed by atoms with Crippen molar-refractivity contribution >= 4 is 53.7 Å². The minimum absolute atomic E-state index is 0.688. The largest absolute Gasteiger partial charge is 0.0120 e. The van der Waals surface area contributed by atoms with E-state index < -0.39 is 0 Å². The smallest absolute Gasteiger partial charge is 0.00934 e. The summed E-state index contributed by atoms with van der Waals surface area (Å²) in [6, 6.07) is 0. The second kappa shape index (κ2) is 6.30. The summed E-state index contributed by atoms with van der Waals surface area (Å²) in [5.41, 5.74) is 0. The highest BCUT2D eigenvalue weighted by molar-refractivity contribution is 7.56. The lowest BCUT2D eigenvalue weighted by atomic mass is 26.3. The molecule has 6 heavy (non-hydrogen) atoms. The van der Waals surface area contributed by atoms with Gasteiger partial charge in [-0.1, -0.05) is 0 Å². The summed E-state index contributed by atoms with van der Waals surface area (Å²) in [7, 11) is 7.11. The summed E-state index contributed by atoms with van der Waals surface area (Å²) in [4.78, 5) is 0. The molecule has 37 valence electrons. The zero-order chi connectivity index (χ0) is 4.83. The topological polar surface area (TPSA) is 0 Å². The molecule has 0 aliphatic carbocycles. The van der Waals surface area contributed by atoms with Crippen LogP contribution in [0.15, 0.2) is 0 Å². The Hall–Kier alpha value is 1.30. The maximum atomic E-state index is 2.34. The van der Waals surface area contributed by atoms with Crippen LogP contribution in [0.5, 0.6) is 0 Å². The summed E-state index contributed by atoms with van der Waals surface area (Å²) in [5, 5.41) is 0. The first-order chi connectivity index (χ1) is 2.91. The van der Waals surface area contributed by atoms with Gasteiger partial charge in [0.05, 0.1) is 0 Å². The molecular weight excluding hydrogens is 169 g/mol. The van der Waals surface area contributed by atoms with E-state index in [1.54, 1.807) is 9.76 Å². The third kappa shape index (κ3) is 5.30. The van der Waals surface area contributed by atoms with Gasteiger partial charge in [-0.15, -0.1) is 0 Å². The molecule has 0 atom stereocenters. The van der Waals surface area contributed by atoms with E-state index in [4.69, 9.17) is 0 Å². The summed E-state index contributed by atoms with van der Waals surface area (Å²) >= 11 is 0. The molecule has 0 aromatic rings. The highest BCUT2D eigenvalue weighted by Gasteiger charge is 1.80. The molecule has 0 aliphatic rings. The molecule has 0 spiro atoms. The van der Waals surface area contributed by atoms with Crippen molar-refractivity contribution < 1.29 is 0 Å². The molecule has 6 heteroatoms. The molecule has 0 fully saturated rings.